The second-order valence-electron chi connectivity index (χ2n) is 5.06. The Bertz CT molecular complexity index is 337. The van der Waals surface area contributed by atoms with E-state index in [9.17, 15) is 14.4 Å². The monoisotopic (exact) mass is 259 g/mol. The first-order valence-corrected chi connectivity index (χ1v) is 5.67. The van der Waals surface area contributed by atoms with Crippen LogP contribution in [0.3, 0.4) is 0 Å². The van der Waals surface area contributed by atoms with Crippen molar-refractivity contribution in [1.82, 2.24) is 4.90 Å². The Morgan fingerprint density at radius 3 is 2.22 bits per heavy atom. The first-order chi connectivity index (χ1) is 8.11. The molecular weight excluding hydrogens is 238 g/mol. The third-order valence-corrected chi connectivity index (χ3v) is 2.75. The Morgan fingerprint density at radius 1 is 1.33 bits per heavy atom. The van der Waals surface area contributed by atoms with Gasteiger partial charge in [0.05, 0.1) is 18.4 Å². The number of methoxy groups -OCH3 is 1. The fraction of sp³-hybridized carbons (Fsp3) is 0.750. The average Bonchev–Trinajstić information content (AvgIpc) is 2.26. The fourth-order valence-electron chi connectivity index (χ4n) is 1.38. The zero-order valence-corrected chi connectivity index (χ0v) is 11.5. The van der Waals surface area contributed by atoms with Gasteiger partial charge in [-0.3, -0.25) is 14.4 Å². The van der Waals surface area contributed by atoms with E-state index in [1.54, 1.807) is 14.0 Å². The van der Waals surface area contributed by atoms with Gasteiger partial charge in [0.25, 0.3) is 0 Å². The average molecular weight is 259 g/mol. The number of carbonyl (C=O) groups excluding carboxylic acids is 2. The van der Waals surface area contributed by atoms with Crippen molar-refractivity contribution in [3.63, 3.8) is 0 Å². The number of nitrogens with zero attached hydrogens (tertiary/aromatic N) is 1. The van der Waals surface area contributed by atoms with E-state index in [2.05, 4.69) is 4.74 Å². The number of hydrogen-bond acceptors (Lipinski definition) is 4. The van der Waals surface area contributed by atoms with Crippen LogP contribution in [0.2, 0.25) is 0 Å². The van der Waals surface area contributed by atoms with Crippen molar-refractivity contribution in [3.05, 3.63) is 0 Å². The number of ether oxygens (including phenoxy) is 1. The highest BCUT2D eigenvalue weighted by atomic mass is 16.5. The Labute approximate surface area is 107 Å². The summed E-state index contributed by atoms with van der Waals surface area (Å²) in [6.07, 6.45) is -0.104. The van der Waals surface area contributed by atoms with Gasteiger partial charge in [-0.25, -0.2) is 0 Å². The SMILES string of the molecule is COC(=O)C(C)CN(C)C(=O)CC(C)(C)C(=O)O. The molecule has 0 aromatic heterocycles. The smallest absolute Gasteiger partial charge is 0.310 e. The predicted molar refractivity (Wildman–Crippen MR) is 64.9 cm³/mol. The lowest BCUT2D eigenvalue weighted by molar-refractivity contribution is -0.152. The van der Waals surface area contributed by atoms with E-state index in [1.165, 1.54) is 25.9 Å². The first-order valence-electron chi connectivity index (χ1n) is 5.67. The maximum absolute atomic E-state index is 11.8. The number of carboxylic acid groups (broad SMARTS) is 1. The number of rotatable bonds is 6. The molecule has 1 N–H and O–H groups in total. The van der Waals surface area contributed by atoms with Gasteiger partial charge in [0, 0.05) is 20.0 Å². The summed E-state index contributed by atoms with van der Waals surface area (Å²) < 4.78 is 4.56. The van der Waals surface area contributed by atoms with Gasteiger partial charge in [-0.05, 0) is 13.8 Å². The molecule has 104 valence electrons. The van der Waals surface area contributed by atoms with E-state index in [1.807, 2.05) is 0 Å². The quantitative estimate of drug-likeness (QED) is 0.712. The van der Waals surface area contributed by atoms with Crippen LogP contribution in [0.5, 0.6) is 0 Å². The molecule has 0 aliphatic carbocycles. The molecular formula is C12H21NO5. The highest BCUT2D eigenvalue weighted by molar-refractivity contribution is 5.84. The molecule has 0 aliphatic rings. The molecule has 0 heterocycles. The molecule has 1 atom stereocenters. The lowest BCUT2D eigenvalue weighted by Crippen LogP contribution is -2.38. The Kier molecular flexibility index (Phi) is 5.81. The minimum Gasteiger partial charge on any atom is -0.481 e. The number of carbonyl (C=O) groups is 3. The number of esters is 1. The van der Waals surface area contributed by atoms with Crippen LogP contribution in [0, 0.1) is 11.3 Å². The Balaban J connectivity index is 4.45. The molecule has 0 aliphatic heterocycles. The number of aliphatic carboxylic acids is 1. The van der Waals surface area contributed by atoms with Gasteiger partial charge in [-0.1, -0.05) is 6.92 Å². The van der Waals surface area contributed by atoms with Crippen LogP contribution in [-0.2, 0) is 19.1 Å². The summed E-state index contributed by atoms with van der Waals surface area (Å²) in [5, 5.41) is 8.94. The second-order valence-corrected chi connectivity index (χ2v) is 5.06. The summed E-state index contributed by atoms with van der Waals surface area (Å²) >= 11 is 0. The Hall–Kier alpha value is -1.59. The zero-order chi connectivity index (χ0) is 14.5. The Morgan fingerprint density at radius 2 is 1.83 bits per heavy atom. The summed E-state index contributed by atoms with van der Waals surface area (Å²) in [5.41, 5.74) is -1.11. The van der Waals surface area contributed by atoms with Gasteiger partial charge in [0.15, 0.2) is 0 Å². The molecule has 1 amide bonds. The van der Waals surface area contributed by atoms with Crippen molar-refractivity contribution in [2.24, 2.45) is 11.3 Å². The zero-order valence-electron chi connectivity index (χ0n) is 11.5. The molecule has 1 unspecified atom stereocenters. The lowest BCUT2D eigenvalue weighted by Gasteiger charge is -2.24. The predicted octanol–water partition coefficient (Wildman–Crippen LogP) is 0.755. The molecule has 0 radical (unpaired) electrons. The summed E-state index contributed by atoms with van der Waals surface area (Å²) in [7, 11) is 2.83. The molecule has 0 rings (SSSR count). The van der Waals surface area contributed by atoms with Crippen LogP contribution in [0.4, 0.5) is 0 Å². The van der Waals surface area contributed by atoms with Crippen LogP contribution >= 0.6 is 0 Å². The summed E-state index contributed by atoms with van der Waals surface area (Å²) in [5.74, 6) is -2.16. The molecule has 0 saturated carbocycles. The molecule has 0 spiro atoms. The molecule has 18 heavy (non-hydrogen) atoms. The van der Waals surface area contributed by atoms with E-state index in [0.29, 0.717) is 0 Å². The number of hydrogen-bond donors (Lipinski definition) is 1. The topological polar surface area (TPSA) is 83.9 Å². The number of amides is 1. The molecule has 0 aromatic rings. The fourth-order valence-corrected chi connectivity index (χ4v) is 1.38. The molecule has 6 nitrogen and oxygen atoms in total. The van der Waals surface area contributed by atoms with E-state index in [-0.39, 0.29) is 18.9 Å². The van der Waals surface area contributed by atoms with Gasteiger partial charge in [-0.2, -0.15) is 0 Å². The highest BCUT2D eigenvalue weighted by Gasteiger charge is 2.32. The van der Waals surface area contributed by atoms with Crippen LogP contribution in [0.25, 0.3) is 0 Å². The van der Waals surface area contributed by atoms with Crippen molar-refractivity contribution < 1.29 is 24.2 Å². The van der Waals surface area contributed by atoms with E-state index in [4.69, 9.17) is 5.11 Å². The lowest BCUT2D eigenvalue weighted by atomic mass is 9.89. The van der Waals surface area contributed by atoms with Crippen molar-refractivity contribution >= 4 is 17.8 Å². The molecule has 0 bridgehead atoms. The van der Waals surface area contributed by atoms with Gasteiger partial charge in [0.1, 0.15) is 0 Å². The van der Waals surface area contributed by atoms with Crippen molar-refractivity contribution in [3.8, 4) is 0 Å². The van der Waals surface area contributed by atoms with E-state index in [0.717, 1.165) is 0 Å². The maximum Gasteiger partial charge on any atom is 0.310 e. The van der Waals surface area contributed by atoms with Gasteiger partial charge in [0.2, 0.25) is 5.91 Å². The minimum atomic E-state index is -1.11. The largest absolute Gasteiger partial charge is 0.481 e. The molecule has 0 saturated heterocycles. The van der Waals surface area contributed by atoms with Crippen LogP contribution in [0.15, 0.2) is 0 Å². The summed E-state index contributed by atoms with van der Waals surface area (Å²) in [6, 6.07) is 0. The van der Waals surface area contributed by atoms with Crippen molar-refractivity contribution in [2.45, 2.75) is 27.2 Å². The summed E-state index contributed by atoms with van der Waals surface area (Å²) in [4.78, 5) is 35.3. The molecule has 6 heteroatoms. The maximum atomic E-state index is 11.8. The highest BCUT2D eigenvalue weighted by Crippen LogP contribution is 2.21. The van der Waals surface area contributed by atoms with Gasteiger partial charge in [-0.15, -0.1) is 0 Å². The van der Waals surface area contributed by atoms with Crippen LogP contribution in [0.1, 0.15) is 27.2 Å². The van der Waals surface area contributed by atoms with E-state index < -0.39 is 23.3 Å². The minimum absolute atomic E-state index is 0.104. The van der Waals surface area contributed by atoms with Crippen molar-refractivity contribution in [1.29, 1.82) is 0 Å². The van der Waals surface area contributed by atoms with Gasteiger partial charge >= 0.3 is 11.9 Å². The van der Waals surface area contributed by atoms with Crippen LogP contribution in [-0.4, -0.2) is 48.6 Å². The first kappa shape index (κ1) is 16.4. The molecule has 0 aromatic carbocycles. The van der Waals surface area contributed by atoms with Gasteiger partial charge < -0.3 is 14.7 Å². The summed E-state index contributed by atoms with van der Waals surface area (Å²) in [6.45, 7) is 4.84. The third kappa shape index (κ3) is 4.73. The van der Waals surface area contributed by atoms with Crippen LogP contribution < -0.4 is 0 Å². The third-order valence-electron chi connectivity index (χ3n) is 2.75. The standard InChI is InChI=1S/C12H21NO5/c1-8(10(15)18-5)7-13(4)9(14)6-12(2,3)11(16)17/h8H,6-7H2,1-5H3,(H,16,17). The second kappa shape index (κ2) is 6.37. The van der Waals surface area contributed by atoms with E-state index >= 15 is 0 Å². The molecule has 0 fully saturated rings. The van der Waals surface area contributed by atoms with Crippen molar-refractivity contribution in [2.75, 3.05) is 20.7 Å². The number of carboxylic acids is 1. The normalized spacial score (nSPS) is 12.7.